The van der Waals surface area contributed by atoms with E-state index in [1.54, 1.807) is 24.5 Å². The standard InChI is InChI=1S/C25H18F2N6O/c26-25(27)7-5-16(12-25)23(34)21-10-14-1-2-15(11-20(14)31-21)24-28-8-6-22(32-24)30-18-3-4-19-17(9-18)13-29-33-19/h1-6,8-11,13,31H,7,12H2,(H,29,33)(H,28,30,32). The highest BCUT2D eigenvalue weighted by molar-refractivity contribution is 6.10. The van der Waals surface area contributed by atoms with Crippen molar-refractivity contribution >= 4 is 39.1 Å². The van der Waals surface area contributed by atoms with Gasteiger partial charge < -0.3 is 10.3 Å². The number of alkyl halides is 2. The lowest BCUT2D eigenvalue weighted by Crippen LogP contribution is -2.12. The number of ketones is 1. The minimum Gasteiger partial charge on any atom is -0.352 e. The van der Waals surface area contributed by atoms with Crippen LogP contribution in [0.25, 0.3) is 33.2 Å². The van der Waals surface area contributed by atoms with Crippen LogP contribution in [-0.2, 0) is 0 Å². The molecule has 0 spiro atoms. The molecule has 0 saturated carbocycles. The zero-order valence-corrected chi connectivity index (χ0v) is 17.8. The molecular weight excluding hydrogens is 438 g/mol. The summed E-state index contributed by atoms with van der Waals surface area (Å²) in [4.78, 5) is 24.7. The highest BCUT2D eigenvalue weighted by Crippen LogP contribution is 2.36. The smallest absolute Gasteiger partial charge is 0.255 e. The van der Waals surface area contributed by atoms with Crippen molar-refractivity contribution in [2.75, 3.05) is 5.32 Å². The molecule has 1 aliphatic carbocycles. The third kappa shape index (κ3) is 3.71. The molecule has 0 aliphatic heterocycles. The number of halogens is 2. The maximum atomic E-state index is 13.5. The third-order valence-electron chi connectivity index (χ3n) is 5.88. The van der Waals surface area contributed by atoms with Crippen LogP contribution in [0.3, 0.4) is 0 Å². The molecule has 3 aromatic heterocycles. The molecule has 5 aromatic rings. The van der Waals surface area contributed by atoms with E-state index in [1.807, 2.05) is 36.4 Å². The van der Waals surface area contributed by atoms with Crippen LogP contribution in [0.2, 0.25) is 0 Å². The number of nitrogens with one attached hydrogen (secondary N) is 3. The number of aromatic amines is 2. The zero-order chi connectivity index (χ0) is 23.3. The van der Waals surface area contributed by atoms with Crippen molar-refractivity contribution < 1.29 is 13.6 Å². The van der Waals surface area contributed by atoms with E-state index in [9.17, 15) is 13.6 Å². The largest absolute Gasteiger partial charge is 0.352 e. The minimum absolute atomic E-state index is 0.146. The second-order valence-electron chi connectivity index (χ2n) is 8.34. The molecule has 2 aromatic carbocycles. The second kappa shape index (κ2) is 7.58. The van der Waals surface area contributed by atoms with Gasteiger partial charge in [-0.15, -0.1) is 0 Å². The van der Waals surface area contributed by atoms with E-state index in [2.05, 4.69) is 30.5 Å². The Hall–Kier alpha value is -4.40. The van der Waals surface area contributed by atoms with E-state index in [-0.39, 0.29) is 5.57 Å². The number of benzene rings is 2. The van der Waals surface area contributed by atoms with Gasteiger partial charge in [0.1, 0.15) is 5.82 Å². The van der Waals surface area contributed by atoms with E-state index < -0.39 is 24.5 Å². The Labute approximate surface area is 191 Å². The Morgan fingerprint density at radius 1 is 1.03 bits per heavy atom. The predicted octanol–water partition coefficient (Wildman–Crippen LogP) is 5.78. The summed E-state index contributed by atoms with van der Waals surface area (Å²) < 4.78 is 27.0. The first-order valence-electron chi connectivity index (χ1n) is 10.7. The molecule has 3 heterocycles. The van der Waals surface area contributed by atoms with E-state index in [1.165, 1.54) is 6.08 Å². The van der Waals surface area contributed by atoms with E-state index >= 15 is 0 Å². The molecular formula is C25H18F2N6O. The molecule has 0 radical (unpaired) electrons. The van der Waals surface area contributed by atoms with Gasteiger partial charge >= 0.3 is 0 Å². The number of hydrogen-bond acceptors (Lipinski definition) is 5. The Morgan fingerprint density at radius 3 is 2.79 bits per heavy atom. The van der Waals surface area contributed by atoms with Crippen LogP contribution >= 0.6 is 0 Å². The number of nitrogens with zero attached hydrogens (tertiary/aromatic N) is 3. The molecule has 0 bridgehead atoms. The summed E-state index contributed by atoms with van der Waals surface area (Å²) in [6, 6.07) is 14.9. The minimum atomic E-state index is -2.84. The number of allylic oxidation sites excluding steroid dienone is 2. The van der Waals surface area contributed by atoms with E-state index in [0.29, 0.717) is 22.9 Å². The molecule has 0 amide bonds. The van der Waals surface area contributed by atoms with E-state index in [0.717, 1.165) is 27.5 Å². The summed E-state index contributed by atoms with van der Waals surface area (Å²) in [5, 5.41) is 12.0. The lowest BCUT2D eigenvalue weighted by atomic mass is 10.1. The second-order valence-corrected chi connectivity index (χ2v) is 8.34. The van der Waals surface area contributed by atoms with Gasteiger partial charge in [-0.2, -0.15) is 5.10 Å². The number of Topliss-reactive ketones (excluding diaryl/α,β-unsaturated/α-hetero) is 1. The van der Waals surface area contributed by atoms with Crippen molar-refractivity contribution in [3.8, 4) is 11.4 Å². The summed E-state index contributed by atoms with van der Waals surface area (Å²) in [7, 11) is 0. The summed E-state index contributed by atoms with van der Waals surface area (Å²) in [6.07, 6.45) is 3.84. The summed E-state index contributed by atoms with van der Waals surface area (Å²) >= 11 is 0. The maximum absolute atomic E-state index is 13.5. The van der Waals surface area contributed by atoms with Crippen LogP contribution in [-0.4, -0.2) is 36.9 Å². The van der Waals surface area contributed by atoms with Gasteiger partial charge in [0, 0.05) is 52.2 Å². The SMILES string of the molecule is O=C(C1=CCC(F)(F)C1)c1cc2ccc(-c3nccc(Nc4ccc5[nH]ncc5c4)n3)cc2[nH]1. The van der Waals surface area contributed by atoms with Crippen molar-refractivity contribution in [1.29, 1.82) is 0 Å². The van der Waals surface area contributed by atoms with Gasteiger partial charge in [-0.3, -0.25) is 9.89 Å². The number of rotatable bonds is 5. The van der Waals surface area contributed by atoms with Crippen molar-refractivity contribution in [1.82, 2.24) is 25.1 Å². The Balaban J connectivity index is 1.27. The van der Waals surface area contributed by atoms with Crippen LogP contribution in [0.15, 0.2) is 72.6 Å². The highest BCUT2D eigenvalue weighted by Gasteiger charge is 2.37. The van der Waals surface area contributed by atoms with Gasteiger partial charge in [-0.05, 0) is 36.4 Å². The van der Waals surface area contributed by atoms with Gasteiger partial charge in [0.15, 0.2) is 5.82 Å². The molecule has 7 nitrogen and oxygen atoms in total. The Kier molecular flexibility index (Phi) is 4.51. The van der Waals surface area contributed by atoms with Crippen LogP contribution < -0.4 is 5.32 Å². The lowest BCUT2D eigenvalue weighted by molar-refractivity contribution is 0.0137. The van der Waals surface area contributed by atoms with Gasteiger partial charge in [0.05, 0.1) is 17.4 Å². The summed E-state index contributed by atoms with van der Waals surface area (Å²) in [5.41, 5.74) is 3.72. The van der Waals surface area contributed by atoms with Crippen LogP contribution in [0, 0.1) is 0 Å². The number of carbonyl (C=O) groups is 1. The van der Waals surface area contributed by atoms with E-state index in [4.69, 9.17) is 0 Å². The van der Waals surface area contributed by atoms with Crippen molar-refractivity contribution in [2.45, 2.75) is 18.8 Å². The first-order chi connectivity index (χ1) is 16.4. The number of fused-ring (bicyclic) bond motifs is 2. The summed E-state index contributed by atoms with van der Waals surface area (Å²) in [5.74, 6) is -2.10. The molecule has 168 valence electrons. The molecule has 0 unspecified atom stereocenters. The Morgan fingerprint density at radius 2 is 1.94 bits per heavy atom. The van der Waals surface area contributed by atoms with Crippen LogP contribution in [0.5, 0.6) is 0 Å². The third-order valence-corrected chi connectivity index (χ3v) is 5.88. The number of aromatic nitrogens is 5. The van der Waals surface area contributed by atoms with Gasteiger partial charge in [-0.1, -0.05) is 18.2 Å². The molecule has 3 N–H and O–H groups in total. The maximum Gasteiger partial charge on any atom is 0.255 e. The lowest BCUT2D eigenvalue weighted by Gasteiger charge is -2.07. The van der Waals surface area contributed by atoms with Crippen molar-refractivity contribution in [3.05, 3.63) is 78.3 Å². The molecule has 9 heteroatoms. The number of hydrogen-bond donors (Lipinski definition) is 3. The molecule has 1 aliphatic rings. The van der Waals surface area contributed by atoms with Gasteiger partial charge in [-0.25, -0.2) is 18.7 Å². The number of H-pyrrole nitrogens is 2. The van der Waals surface area contributed by atoms with Gasteiger partial charge in [0.2, 0.25) is 5.78 Å². The number of carbonyl (C=O) groups excluding carboxylic acids is 1. The Bertz CT molecular complexity index is 1600. The van der Waals surface area contributed by atoms with Crippen molar-refractivity contribution in [2.24, 2.45) is 0 Å². The summed E-state index contributed by atoms with van der Waals surface area (Å²) in [6.45, 7) is 0. The molecule has 6 rings (SSSR count). The average Bonchev–Trinajstić information content (AvgIpc) is 3.55. The van der Waals surface area contributed by atoms with Gasteiger partial charge in [0.25, 0.3) is 5.92 Å². The first-order valence-corrected chi connectivity index (χ1v) is 10.7. The van der Waals surface area contributed by atoms with Crippen molar-refractivity contribution in [3.63, 3.8) is 0 Å². The molecule has 0 atom stereocenters. The van der Waals surface area contributed by atoms with Crippen LogP contribution in [0.1, 0.15) is 23.3 Å². The predicted molar refractivity (Wildman–Crippen MR) is 125 cm³/mol. The fourth-order valence-electron chi connectivity index (χ4n) is 4.17. The first kappa shape index (κ1) is 20.2. The number of anilines is 2. The molecule has 0 fully saturated rings. The average molecular weight is 456 g/mol. The topological polar surface area (TPSA) is 99.3 Å². The van der Waals surface area contributed by atoms with Crippen LogP contribution in [0.4, 0.5) is 20.3 Å². The monoisotopic (exact) mass is 456 g/mol. The normalized spacial score (nSPS) is 15.1. The zero-order valence-electron chi connectivity index (χ0n) is 17.8. The molecule has 0 saturated heterocycles. The highest BCUT2D eigenvalue weighted by atomic mass is 19.3. The fourth-order valence-corrected chi connectivity index (χ4v) is 4.17. The fraction of sp³-hybridized carbons (Fsp3) is 0.120. The molecule has 34 heavy (non-hydrogen) atoms. The quantitative estimate of drug-likeness (QED) is 0.291.